The first-order chi connectivity index (χ1) is 5.61. The Kier molecular flexibility index (Phi) is 2.69. The average molecular weight is 173 g/mol. The first-order valence-corrected chi connectivity index (χ1v) is 4.06. The van der Waals surface area contributed by atoms with Crippen LogP contribution in [0.15, 0.2) is 0 Å². The van der Waals surface area contributed by atoms with Gasteiger partial charge in [0.2, 0.25) is 0 Å². The largest absolute Gasteiger partial charge is 0.468 e. The number of methoxy groups -OCH3 is 1. The van der Waals surface area contributed by atoms with E-state index in [9.17, 15) is 4.79 Å². The molecular weight excluding hydrogens is 158 g/mol. The van der Waals surface area contributed by atoms with Crippen molar-refractivity contribution in [1.29, 1.82) is 0 Å². The van der Waals surface area contributed by atoms with Gasteiger partial charge in [-0.15, -0.1) is 0 Å². The Hall–Kier alpha value is -0.610. The van der Waals surface area contributed by atoms with Gasteiger partial charge in [0.15, 0.2) is 0 Å². The maximum Gasteiger partial charge on any atom is 0.326 e. The van der Waals surface area contributed by atoms with Crippen LogP contribution in [0.3, 0.4) is 0 Å². The molecule has 2 atom stereocenters. The van der Waals surface area contributed by atoms with Gasteiger partial charge in [0, 0.05) is 12.5 Å². The van der Waals surface area contributed by atoms with Crippen molar-refractivity contribution in [2.75, 3.05) is 20.3 Å². The molecule has 0 aromatic heterocycles. The first kappa shape index (κ1) is 9.48. The molecule has 12 heavy (non-hydrogen) atoms. The summed E-state index contributed by atoms with van der Waals surface area (Å²) in [5.41, 5.74) is 5.06. The molecule has 4 heteroatoms. The van der Waals surface area contributed by atoms with Crippen molar-refractivity contribution >= 4 is 5.97 Å². The predicted octanol–water partition coefficient (Wildman–Crippen LogP) is -0.0867. The zero-order valence-corrected chi connectivity index (χ0v) is 7.50. The number of ether oxygens (including phenoxy) is 2. The molecular formula is C8H15NO3. The topological polar surface area (TPSA) is 61.5 Å². The summed E-state index contributed by atoms with van der Waals surface area (Å²) in [6, 6.07) is 0. The van der Waals surface area contributed by atoms with E-state index in [0.29, 0.717) is 19.6 Å². The zero-order valence-electron chi connectivity index (χ0n) is 7.50. The smallest absolute Gasteiger partial charge is 0.326 e. The highest BCUT2D eigenvalue weighted by Crippen LogP contribution is 2.24. The average Bonchev–Trinajstić information content (AvgIpc) is 2.09. The summed E-state index contributed by atoms with van der Waals surface area (Å²) < 4.78 is 9.83. The van der Waals surface area contributed by atoms with E-state index in [4.69, 9.17) is 10.5 Å². The summed E-state index contributed by atoms with van der Waals surface area (Å²) in [6.45, 7) is 2.97. The molecule has 70 valence electrons. The molecule has 4 nitrogen and oxygen atoms in total. The minimum atomic E-state index is -0.840. The van der Waals surface area contributed by atoms with Gasteiger partial charge in [-0.05, 0) is 6.42 Å². The lowest BCUT2D eigenvalue weighted by atomic mass is 9.82. The summed E-state index contributed by atoms with van der Waals surface area (Å²) in [4.78, 5) is 11.3. The maximum atomic E-state index is 11.3. The van der Waals surface area contributed by atoms with Crippen LogP contribution in [0, 0.1) is 5.92 Å². The van der Waals surface area contributed by atoms with Crippen LogP contribution in [-0.4, -0.2) is 31.8 Å². The molecule has 0 amide bonds. The number of hydrogen-bond donors (Lipinski definition) is 1. The fourth-order valence-corrected chi connectivity index (χ4v) is 1.39. The Labute approximate surface area is 72.0 Å². The van der Waals surface area contributed by atoms with Gasteiger partial charge in [-0.1, -0.05) is 6.92 Å². The van der Waals surface area contributed by atoms with Crippen LogP contribution < -0.4 is 5.73 Å². The number of esters is 1. The Morgan fingerprint density at radius 2 is 2.42 bits per heavy atom. The quantitative estimate of drug-likeness (QED) is 0.563. The van der Waals surface area contributed by atoms with Crippen LogP contribution >= 0.6 is 0 Å². The lowest BCUT2D eigenvalue weighted by molar-refractivity contribution is -0.154. The second-order valence-electron chi connectivity index (χ2n) is 3.26. The molecule has 1 rings (SSSR count). The van der Waals surface area contributed by atoms with E-state index < -0.39 is 5.54 Å². The second-order valence-corrected chi connectivity index (χ2v) is 3.26. The molecule has 0 aromatic carbocycles. The van der Waals surface area contributed by atoms with Crippen LogP contribution in [0.25, 0.3) is 0 Å². The Morgan fingerprint density at radius 1 is 1.75 bits per heavy atom. The van der Waals surface area contributed by atoms with Gasteiger partial charge in [0.1, 0.15) is 5.54 Å². The number of nitrogens with two attached hydrogens (primary N) is 1. The highest BCUT2D eigenvalue weighted by molar-refractivity contribution is 5.81. The van der Waals surface area contributed by atoms with Crippen molar-refractivity contribution in [2.24, 2.45) is 11.7 Å². The Balaban J connectivity index is 2.72. The van der Waals surface area contributed by atoms with E-state index in [2.05, 4.69) is 4.74 Å². The summed E-state index contributed by atoms with van der Waals surface area (Å²) >= 11 is 0. The standard InChI is InChI=1S/C8H15NO3/c1-6-5-12-4-3-8(6,9)7(10)11-2/h6H,3-5,9H2,1-2H3. The van der Waals surface area contributed by atoms with Crippen molar-refractivity contribution in [3.8, 4) is 0 Å². The fourth-order valence-electron chi connectivity index (χ4n) is 1.39. The van der Waals surface area contributed by atoms with Crippen LogP contribution in [-0.2, 0) is 14.3 Å². The number of rotatable bonds is 1. The van der Waals surface area contributed by atoms with Crippen molar-refractivity contribution in [2.45, 2.75) is 18.9 Å². The van der Waals surface area contributed by atoms with E-state index in [-0.39, 0.29) is 11.9 Å². The van der Waals surface area contributed by atoms with Crippen LogP contribution in [0.2, 0.25) is 0 Å². The van der Waals surface area contributed by atoms with Crippen molar-refractivity contribution in [1.82, 2.24) is 0 Å². The van der Waals surface area contributed by atoms with Gasteiger partial charge < -0.3 is 15.2 Å². The van der Waals surface area contributed by atoms with E-state index in [1.54, 1.807) is 0 Å². The molecule has 0 aromatic rings. The summed E-state index contributed by atoms with van der Waals surface area (Å²) in [6.07, 6.45) is 0.542. The van der Waals surface area contributed by atoms with E-state index >= 15 is 0 Å². The van der Waals surface area contributed by atoms with Crippen molar-refractivity contribution < 1.29 is 14.3 Å². The van der Waals surface area contributed by atoms with Gasteiger partial charge in [0.05, 0.1) is 13.7 Å². The number of carbonyl (C=O) groups is 1. The first-order valence-electron chi connectivity index (χ1n) is 4.06. The van der Waals surface area contributed by atoms with E-state index in [1.807, 2.05) is 6.92 Å². The van der Waals surface area contributed by atoms with Gasteiger partial charge in [-0.2, -0.15) is 0 Å². The molecule has 0 saturated carbocycles. The third-order valence-electron chi connectivity index (χ3n) is 2.47. The predicted molar refractivity (Wildman–Crippen MR) is 43.5 cm³/mol. The minimum absolute atomic E-state index is 0.0266. The number of hydrogen-bond acceptors (Lipinski definition) is 4. The Bertz CT molecular complexity index is 183. The zero-order chi connectivity index (χ0) is 9.19. The lowest BCUT2D eigenvalue weighted by Gasteiger charge is -2.36. The third-order valence-corrected chi connectivity index (χ3v) is 2.47. The molecule has 0 aliphatic carbocycles. The molecule has 2 N–H and O–H groups in total. The molecule has 1 aliphatic rings. The molecule has 2 unspecified atom stereocenters. The molecule has 0 spiro atoms. The Morgan fingerprint density at radius 3 is 2.92 bits per heavy atom. The van der Waals surface area contributed by atoms with Crippen molar-refractivity contribution in [3.05, 3.63) is 0 Å². The molecule has 0 radical (unpaired) electrons. The SMILES string of the molecule is COC(=O)C1(N)CCOCC1C. The van der Waals surface area contributed by atoms with Crippen LogP contribution in [0.4, 0.5) is 0 Å². The minimum Gasteiger partial charge on any atom is -0.468 e. The van der Waals surface area contributed by atoms with Crippen LogP contribution in [0.5, 0.6) is 0 Å². The lowest BCUT2D eigenvalue weighted by Crippen LogP contribution is -2.58. The van der Waals surface area contributed by atoms with Gasteiger partial charge in [-0.25, -0.2) is 0 Å². The van der Waals surface area contributed by atoms with Crippen LogP contribution in [0.1, 0.15) is 13.3 Å². The van der Waals surface area contributed by atoms with Crippen molar-refractivity contribution in [3.63, 3.8) is 0 Å². The second kappa shape index (κ2) is 3.41. The summed E-state index contributed by atoms with van der Waals surface area (Å²) in [7, 11) is 1.36. The molecule has 1 saturated heterocycles. The normalized spacial score (nSPS) is 36.1. The van der Waals surface area contributed by atoms with Gasteiger partial charge in [-0.3, -0.25) is 4.79 Å². The molecule has 1 aliphatic heterocycles. The summed E-state index contributed by atoms with van der Waals surface area (Å²) in [5.74, 6) is -0.308. The molecule has 0 bridgehead atoms. The highest BCUT2D eigenvalue weighted by atomic mass is 16.5. The van der Waals surface area contributed by atoms with Gasteiger partial charge in [0.25, 0.3) is 0 Å². The van der Waals surface area contributed by atoms with Gasteiger partial charge >= 0.3 is 5.97 Å². The number of carbonyl (C=O) groups excluding carboxylic acids is 1. The highest BCUT2D eigenvalue weighted by Gasteiger charge is 2.42. The molecule has 1 heterocycles. The maximum absolute atomic E-state index is 11.3. The fraction of sp³-hybridized carbons (Fsp3) is 0.875. The summed E-state index contributed by atoms with van der Waals surface area (Å²) in [5, 5.41) is 0. The molecule has 1 fully saturated rings. The third kappa shape index (κ3) is 1.44. The van der Waals surface area contributed by atoms with E-state index in [1.165, 1.54) is 7.11 Å². The van der Waals surface area contributed by atoms with E-state index in [0.717, 1.165) is 0 Å². The monoisotopic (exact) mass is 173 g/mol.